The van der Waals surface area contributed by atoms with Crippen LogP contribution in [0.2, 0.25) is 0 Å². The van der Waals surface area contributed by atoms with E-state index in [1.54, 1.807) is 0 Å². The predicted molar refractivity (Wildman–Crippen MR) is 46.8 cm³/mol. The smallest absolute Gasteiger partial charge is 0.0667 e. The van der Waals surface area contributed by atoms with Crippen LogP contribution in [0.3, 0.4) is 0 Å². The Balaban J connectivity index is 2.23. The van der Waals surface area contributed by atoms with Crippen LogP contribution < -0.4 is 0 Å². The Labute approximate surface area is 69.5 Å². The molecule has 0 spiro atoms. The quantitative estimate of drug-likeness (QED) is 0.615. The Morgan fingerprint density at radius 2 is 2.18 bits per heavy atom. The first kappa shape index (κ1) is 9.01. The molecule has 0 aliphatic carbocycles. The molecule has 0 aromatic heterocycles. The van der Waals surface area contributed by atoms with E-state index in [2.05, 4.69) is 25.9 Å². The summed E-state index contributed by atoms with van der Waals surface area (Å²) in [5.74, 6) is 0. The Morgan fingerprint density at radius 3 is 2.64 bits per heavy atom. The van der Waals surface area contributed by atoms with Crippen molar-refractivity contribution in [3.63, 3.8) is 0 Å². The van der Waals surface area contributed by atoms with E-state index in [0.29, 0.717) is 0 Å². The fraction of sp³-hybridized carbons (Fsp3) is 1.00. The number of ether oxygens (including phenoxy) is 1. The Bertz CT molecular complexity index is 117. The van der Waals surface area contributed by atoms with Gasteiger partial charge in [0.15, 0.2) is 0 Å². The topological polar surface area (TPSA) is 12.5 Å². The standard InChI is InChI=1S/C9H19NO/c1-9(5-4-8-11-9)6-7-10(2)3/h4-8H2,1-3H3. The summed E-state index contributed by atoms with van der Waals surface area (Å²) >= 11 is 0. The third-order valence-electron chi connectivity index (χ3n) is 2.39. The number of hydrogen-bond acceptors (Lipinski definition) is 2. The Kier molecular flexibility index (Phi) is 2.90. The molecule has 1 rings (SSSR count). The molecule has 0 amide bonds. The summed E-state index contributed by atoms with van der Waals surface area (Å²) in [5.41, 5.74) is 0.185. The van der Waals surface area contributed by atoms with Gasteiger partial charge in [-0.2, -0.15) is 0 Å². The molecular weight excluding hydrogens is 138 g/mol. The van der Waals surface area contributed by atoms with Gasteiger partial charge in [-0.15, -0.1) is 0 Å². The average Bonchev–Trinajstić information content (AvgIpc) is 2.33. The first-order valence-electron chi connectivity index (χ1n) is 4.41. The van der Waals surface area contributed by atoms with Gasteiger partial charge < -0.3 is 9.64 Å². The molecule has 0 aromatic rings. The lowest BCUT2D eigenvalue weighted by Crippen LogP contribution is -2.28. The third kappa shape index (κ3) is 2.80. The molecule has 66 valence electrons. The summed E-state index contributed by atoms with van der Waals surface area (Å²) in [6.45, 7) is 4.32. The summed E-state index contributed by atoms with van der Waals surface area (Å²) in [6, 6.07) is 0. The zero-order valence-corrected chi connectivity index (χ0v) is 7.89. The lowest BCUT2D eigenvalue weighted by atomic mass is 9.99. The summed E-state index contributed by atoms with van der Waals surface area (Å²) in [6.07, 6.45) is 3.64. The maximum Gasteiger partial charge on any atom is 0.0667 e. The minimum atomic E-state index is 0.185. The molecule has 0 radical (unpaired) electrons. The molecule has 0 aromatic carbocycles. The fourth-order valence-corrected chi connectivity index (χ4v) is 1.49. The second-order valence-corrected chi connectivity index (χ2v) is 3.96. The number of hydrogen-bond donors (Lipinski definition) is 0. The summed E-state index contributed by atoms with van der Waals surface area (Å²) in [4.78, 5) is 2.22. The van der Waals surface area contributed by atoms with E-state index in [1.807, 2.05) is 0 Å². The third-order valence-corrected chi connectivity index (χ3v) is 2.39. The predicted octanol–water partition coefficient (Wildman–Crippen LogP) is 1.51. The van der Waals surface area contributed by atoms with Crippen molar-refractivity contribution in [2.75, 3.05) is 27.2 Å². The van der Waals surface area contributed by atoms with E-state index in [1.165, 1.54) is 19.3 Å². The van der Waals surface area contributed by atoms with Gasteiger partial charge in [0.25, 0.3) is 0 Å². The summed E-state index contributed by atoms with van der Waals surface area (Å²) < 4.78 is 5.66. The molecule has 1 fully saturated rings. The molecule has 0 bridgehead atoms. The van der Waals surface area contributed by atoms with Crippen molar-refractivity contribution in [1.82, 2.24) is 4.90 Å². The minimum Gasteiger partial charge on any atom is -0.375 e. The first-order chi connectivity index (χ1) is 5.12. The molecule has 1 unspecified atom stereocenters. The maximum atomic E-state index is 5.66. The molecule has 11 heavy (non-hydrogen) atoms. The highest BCUT2D eigenvalue weighted by molar-refractivity contribution is 4.80. The number of rotatable bonds is 3. The van der Waals surface area contributed by atoms with Gasteiger partial charge >= 0.3 is 0 Å². The normalized spacial score (nSPS) is 31.6. The molecular formula is C9H19NO. The second kappa shape index (κ2) is 3.55. The largest absolute Gasteiger partial charge is 0.375 e. The summed E-state index contributed by atoms with van der Waals surface area (Å²) in [7, 11) is 4.22. The number of nitrogens with zero attached hydrogens (tertiary/aromatic N) is 1. The lowest BCUT2D eigenvalue weighted by molar-refractivity contribution is 0.00858. The van der Waals surface area contributed by atoms with Gasteiger partial charge in [0.2, 0.25) is 0 Å². The van der Waals surface area contributed by atoms with Gasteiger partial charge in [0, 0.05) is 13.2 Å². The van der Waals surface area contributed by atoms with Gasteiger partial charge in [-0.05, 0) is 40.3 Å². The van der Waals surface area contributed by atoms with Crippen LogP contribution in [0.1, 0.15) is 26.2 Å². The molecule has 2 nitrogen and oxygen atoms in total. The Hall–Kier alpha value is -0.0800. The molecule has 1 atom stereocenters. The zero-order chi connectivity index (χ0) is 8.32. The van der Waals surface area contributed by atoms with Gasteiger partial charge in [-0.25, -0.2) is 0 Å². The molecule has 1 heterocycles. The van der Waals surface area contributed by atoms with Crippen LogP contribution in [0.25, 0.3) is 0 Å². The zero-order valence-electron chi connectivity index (χ0n) is 7.89. The minimum absolute atomic E-state index is 0.185. The van der Waals surface area contributed by atoms with Crippen LogP contribution >= 0.6 is 0 Å². The van der Waals surface area contributed by atoms with Gasteiger partial charge in [0.05, 0.1) is 5.60 Å². The van der Waals surface area contributed by atoms with Crippen molar-refractivity contribution >= 4 is 0 Å². The van der Waals surface area contributed by atoms with E-state index >= 15 is 0 Å². The van der Waals surface area contributed by atoms with Gasteiger partial charge in [-0.3, -0.25) is 0 Å². The van der Waals surface area contributed by atoms with Crippen LogP contribution in [0.4, 0.5) is 0 Å². The van der Waals surface area contributed by atoms with Crippen molar-refractivity contribution < 1.29 is 4.74 Å². The van der Waals surface area contributed by atoms with E-state index in [4.69, 9.17) is 4.74 Å². The van der Waals surface area contributed by atoms with Crippen molar-refractivity contribution in [1.29, 1.82) is 0 Å². The average molecular weight is 157 g/mol. The van der Waals surface area contributed by atoms with Crippen molar-refractivity contribution in [3.8, 4) is 0 Å². The van der Waals surface area contributed by atoms with Crippen LogP contribution in [0.15, 0.2) is 0 Å². The van der Waals surface area contributed by atoms with Crippen LogP contribution in [-0.2, 0) is 4.74 Å². The highest BCUT2D eigenvalue weighted by Gasteiger charge is 2.28. The maximum absolute atomic E-state index is 5.66. The van der Waals surface area contributed by atoms with Gasteiger partial charge in [0.1, 0.15) is 0 Å². The fourth-order valence-electron chi connectivity index (χ4n) is 1.49. The Morgan fingerprint density at radius 1 is 1.45 bits per heavy atom. The molecule has 1 aliphatic heterocycles. The molecule has 1 saturated heterocycles. The highest BCUT2D eigenvalue weighted by atomic mass is 16.5. The first-order valence-corrected chi connectivity index (χ1v) is 4.41. The highest BCUT2D eigenvalue weighted by Crippen LogP contribution is 2.28. The van der Waals surface area contributed by atoms with E-state index in [9.17, 15) is 0 Å². The SMILES string of the molecule is CN(C)CCC1(C)CCCO1. The van der Waals surface area contributed by atoms with E-state index in [-0.39, 0.29) is 5.60 Å². The molecule has 2 heteroatoms. The molecule has 0 N–H and O–H groups in total. The van der Waals surface area contributed by atoms with Crippen molar-refractivity contribution in [2.24, 2.45) is 0 Å². The van der Waals surface area contributed by atoms with Gasteiger partial charge in [-0.1, -0.05) is 0 Å². The van der Waals surface area contributed by atoms with Crippen LogP contribution in [0, 0.1) is 0 Å². The van der Waals surface area contributed by atoms with Crippen LogP contribution in [-0.4, -0.2) is 37.7 Å². The summed E-state index contributed by atoms with van der Waals surface area (Å²) in [5, 5.41) is 0. The van der Waals surface area contributed by atoms with Crippen molar-refractivity contribution in [2.45, 2.75) is 31.8 Å². The van der Waals surface area contributed by atoms with Crippen molar-refractivity contribution in [3.05, 3.63) is 0 Å². The molecule has 0 saturated carbocycles. The van der Waals surface area contributed by atoms with Crippen LogP contribution in [0.5, 0.6) is 0 Å². The van der Waals surface area contributed by atoms with E-state index in [0.717, 1.165) is 13.2 Å². The van der Waals surface area contributed by atoms with E-state index < -0.39 is 0 Å². The lowest BCUT2D eigenvalue weighted by Gasteiger charge is -2.24. The molecule has 1 aliphatic rings. The second-order valence-electron chi connectivity index (χ2n) is 3.96. The monoisotopic (exact) mass is 157 g/mol.